The molecule has 1 saturated heterocycles. The van der Waals surface area contributed by atoms with Gasteiger partial charge in [-0.3, -0.25) is 9.69 Å². The van der Waals surface area contributed by atoms with Gasteiger partial charge in [0.2, 0.25) is 0 Å². The number of hydrogen-bond donors (Lipinski definition) is 1. The zero-order valence-corrected chi connectivity index (χ0v) is 14.9. The highest BCUT2D eigenvalue weighted by atomic mass is 16.5. The van der Waals surface area contributed by atoms with Crippen LogP contribution in [0.1, 0.15) is 39.1 Å². The van der Waals surface area contributed by atoms with Crippen LogP contribution in [0.15, 0.2) is 48.5 Å². The Balaban J connectivity index is 1.56. The Morgan fingerprint density at radius 1 is 1.08 bits per heavy atom. The number of aromatic carboxylic acids is 1. The van der Waals surface area contributed by atoms with E-state index in [-0.39, 0.29) is 11.7 Å². The molecule has 0 radical (unpaired) electrons. The molecule has 26 heavy (non-hydrogen) atoms. The number of methoxy groups -OCH3 is 1. The number of benzene rings is 2. The topological polar surface area (TPSA) is 66.8 Å². The molecule has 2 aromatic rings. The average molecular weight is 353 g/mol. The SMILES string of the molecule is COc1ccc(C(=O)C2CCN(Cc3cccc(C(=O)O)c3)CC2)cc1. The lowest BCUT2D eigenvalue weighted by molar-refractivity contribution is 0.0695. The number of carboxylic acids is 1. The van der Waals surface area contributed by atoms with Crippen molar-refractivity contribution in [3.8, 4) is 5.75 Å². The second kappa shape index (κ2) is 8.15. The molecule has 0 aliphatic carbocycles. The van der Waals surface area contributed by atoms with Gasteiger partial charge in [0.1, 0.15) is 5.75 Å². The molecule has 0 unspecified atom stereocenters. The van der Waals surface area contributed by atoms with Crippen LogP contribution in [0.2, 0.25) is 0 Å². The zero-order chi connectivity index (χ0) is 18.5. The summed E-state index contributed by atoms with van der Waals surface area (Å²) in [5, 5.41) is 9.09. The van der Waals surface area contributed by atoms with Crippen molar-refractivity contribution in [2.24, 2.45) is 5.92 Å². The second-order valence-electron chi connectivity index (χ2n) is 6.65. The van der Waals surface area contributed by atoms with Gasteiger partial charge in [-0.2, -0.15) is 0 Å². The van der Waals surface area contributed by atoms with Crippen LogP contribution in [-0.2, 0) is 6.54 Å². The van der Waals surface area contributed by atoms with E-state index in [1.54, 1.807) is 25.3 Å². The number of rotatable bonds is 6. The third-order valence-electron chi connectivity index (χ3n) is 4.91. The van der Waals surface area contributed by atoms with Crippen molar-refractivity contribution in [3.05, 3.63) is 65.2 Å². The van der Waals surface area contributed by atoms with Crippen LogP contribution in [-0.4, -0.2) is 42.0 Å². The maximum atomic E-state index is 12.7. The van der Waals surface area contributed by atoms with E-state index < -0.39 is 5.97 Å². The van der Waals surface area contributed by atoms with Gasteiger partial charge in [0.15, 0.2) is 5.78 Å². The van der Waals surface area contributed by atoms with E-state index >= 15 is 0 Å². The van der Waals surface area contributed by atoms with Crippen LogP contribution in [0.25, 0.3) is 0 Å². The van der Waals surface area contributed by atoms with Crippen molar-refractivity contribution in [1.82, 2.24) is 4.90 Å². The van der Waals surface area contributed by atoms with Crippen molar-refractivity contribution in [2.45, 2.75) is 19.4 Å². The molecule has 0 atom stereocenters. The second-order valence-corrected chi connectivity index (χ2v) is 6.65. The third kappa shape index (κ3) is 4.29. The van der Waals surface area contributed by atoms with Crippen LogP contribution in [0.5, 0.6) is 5.75 Å². The maximum absolute atomic E-state index is 12.7. The number of carbonyl (C=O) groups is 2. The Morgan fingerprint density at radius 2 is 1.77 bits per heavy atom. The van der Waals surface area contributed by atoms with Gasteiger partial charge in [-0.15, -0.1) is 0 Å². The number of piperidine rings is 1. The summed E-state index contributed by atoms with van der Waals surface area (Å²) in [6.45, 7) is 2.39. The lowest BCUT2D eigenvalue weighted by Gasteiger charge is -2.31. The van der Waals surface area contributed by atoms with Gasteiger partial charge in [0.05, 0.1) is 12.7 Å². The van der Waals surface area contributed by atoms with Crippen molar-refractivity contribution in [1.29, 1.82) is 0 Å². The van der Waals surface area contributed by atoms with Gasteiger partial charge in [-0.05, 0) is 67.9 Å². The molecular weight excluding hydrogens is 330 g/mol. The summed E-state index contributed by atoms with van der Waals surface area (Å²) in [5.74, 6) is 0.0841. The highest BCUT2D eigenvalue weighted by Crippen LogP contribution is 2.24. The van der Waals surface area contributed by atoms with E-state index in [1.807, 2.05) is 30.3 Å². The van der Waals surface area contributed by atoms with Gasteiger partial charge in [-0.25, -0.2) is 4.79 Å². The number of ether oxygens (including phenoxy) is 1. The highest BCUT2D eigenvalue weighted by Gasteiger charge is 2.25. The molecular formula is C21H23NO4. The Labute approximate surface area is 153 Å². The van der Waals surface area contributed by atoms with E-state index in [9.17, 15) is 9.59 Å². The lowest BCUT2D eigenvalue weighted by Crippen LogP contribution is -2.36. The molecule has 1 heterocycles. The predicted molar refractivity (Wildman–Crippen MR) is 98.7 cm³/mol. The number of carboxylic acid groups (broad SMARTS) is 1. The minimum Gasteiger partial charge on any atom is -0.497 e. The fourth-order valence-electron chi connectivity index (χ4n) is 3.41. The molecule has 1 N–H and O–H groups in total. The van der Waals surface area contributed by atoms with Gasteiger partial charge in [-0.1, -0.05) is 12.1 Å². The third-order valence-corrected chi connectivity index (χ3v) is 4.91. The van der Waals surface area contributed by atoms with E-state index in [1.165, 1.54) is 0 Å². The molecule has 5 heteroatoms. The number of ketones is 1. The van der Waals surface area contributed by atoms with Gasteiger partial charge >= 0.3 is 5.97 Å². The number of hydrogen-bond acceptors (Lipinski definition) is 4. The van der Waals surface area contributed by atoms with E-state index in [4.69, 9.17) is 9.84 Å². The Kier molecular flexibility index (Phi) is 5.68. The molecule has 3 rings (SSSR count). The number of carbonyl (C=O) groups excluding carboxylic acids is 1. The van der Waals surface area contributed by atoms with Crippen LogP contribution in [0.3, 0.4) is 0 Å². The molecule has 0 spiro atoms. The van der Waals surface area contributed by atoms with Crippen LogP contribution in [0, 0.1) is 5.92 Å². The summed E-state index contributed by atoms with van der Waals surface area (Å²) in [5.41, 5.74) is 2.04. The summed E-state index contributed by atoms with van der Waals surface area (Å²) in [6.07, 6.45) is 1.65. The standard InChI is InChI=1S/C21H23NO4/c1-26-19-7-5-16(6-8-19)20(23)17-9-11-22(12-10-17)14-15-3-2-4-18(13-15)21(24)25/h2-8,13,17H,9-12,14H2,1H3,(H,24,25). The van der Waals surface area contributed by atoms with E-state index in [0.29, 0.717) is 12.1 Å². The first-order valence-corrected chi connectivity index (χ1v) is 8.79. The van der Waals surface area contributed by atoms with Crippen molar-refractivity contribution in [3.63, 3.8) is 0 Å². The summed E-state index contributed by atoms with van der Waals surface area (Å²) in [6, 6.07) is 14.3. The van der Waals surface area contributed by atoms with Crippen LogP contribution < -0.4 is 4.74 Å². The number of nitrogens with zero attached hydrogens (tertiary/aromatic N) is 1. The predicted octanol–water partition coefficient (Wildman–Crippen LogP) is 3.49. The number of likely N-dealkylation sites (tertiary alicyclic amines) is 1. The Hall–Kier alpha value is -2.66. The van der Waals surface area contributed by atoms with Crippen molar-refractivity contribution >= 4 is 11.8 Å². The van der Waals surface area contributed by atoms with E-state index in [2.05, 4.69) is 4.90 Å². The van der Waals surface area contributed by atoms with Crippen LogP contribution >= 0.6 is 0 Å². The molecule has 136 valence electrons. The zero-order valence-electron chi connectivity index (χ0n) is 14.9. The van der Waals surface area contributed by atoms with Crippen molar-refractivity contribution < 1.29 is 19.4 Å². The molecule has 0 aromatic heterocycles. The Bertz CT molecular complexity index is 777. The normalized spacial score (nSPS) is 15.6. The van der Waals surface area contributed by atoms with Gasteiger partial charge in [0, 0.05) is 18.0 Å². The molecule has 0 saturated carbocycles. The van der Waals surface area contributed by atoms with Gasteiger partial charge in [0.25, 0.3) is 0 Å². The minimum absolute atomic E-state index is 0.0463. The Morgan fingerprint density at radius 3 is 2.38 bits per heavy atom. The summed E-state index contributed by atoms with van der Waals surface area (Å²) >= 11 is 0. The van der Waals surface area contributed by atoms with Crippen LogP contribution in [0.4, 0.5) is 0 Å². The smallest absolute Gasteiger partial charge is 0.335 e. The summed E-state index contributed by atoms with van der Waals surface area (Å²) in [7, 11) is 1.61. The van der Waals surface area contributed by atoms with Crippen molar-refractivity contribution in [2.75, 3.05) is 20.2 Å². The first-order valence-electron chi connectivity index (χ1n) is 8.79. The summed E-state index contributed by atoms with van der Waals surface area (Å²) < 4.78 is 5.13. The fourth-order valence-corrected chi connectivity index (χ4v) is 3.41. The fraction of sp³-hybridized carbons (Fsp3) is 0.333. The average Bonchev–Trinajstić information content (AvgIpc) is 2.68. The molecule has 0 amide bonds. The van der Waals surface area contributed by atoms with E-state index in [0.717, 1.165) is 42.8 Å². The number of Topliss-reactive ketones (excluding diaryl/α,β-unsaturated/α-hetero) is 1. The molecule has 1 aliphatic heterocycles. The first kappa shape index (κ1) is 18.1. The summed E-state index contributed by atoms with van der Waals surface area (Å²) in [4.78, 5) is 26.0. The largest absolute Gasteiger partial charge is 0.497 e. The first-order chi connectivity index (χ1) is 12.6. The van der Waals surface area contributed by atoms with Gasteiger partial charge < -0.3 is 9.84 Å². The molecule has 5 nitrogen and oxygen atoms in total. The molecule has 2 aromatic carbocycles. The molecule has 0 bridgehead atoms. The monoisotopic (exact) mass is 353 g/mol. The molecule has 1 fully saturated rings. The quantitative estimate of drug-likeness (QED) is 0.805. The highest BCUT2D eigenvalue weighted by molar-refractivity contribution is 5.98. The maximum Gasteiger partial charge on any atom is 0.335 e. The molecule has 1 aliphatic rings. The lowest BCUT2D eigenvalue weighted by atomic mass is 9.88. The minimum atomic E-state index is -0.907.